The highest BCUT2D eigenvalue weighted by Crippen LogP contribution is 2.30. The van der Waals surface area contributed by atoms with Crippen molar-refractivity contribution in [2.24, 2.45) is 0 Å². The molecule has 1 aromatic carbocycles. The number of barbiturate groups is 1. The first-order valence-electron chi connectivity index (χ1n) is 8.26. The Balaban J connectivity index is 2.68. The second-order valence-electron chi connectivity index (χ2n) is 6.37. The van der Waals surface area contributed by atoms with Gasteiger partial charge in [-0.25, -0.2) is 22.4 Å². The van der Waals surface area contributed by atoms with Crippen LogP contribution in [0.25, 0.3) is 0 Å². The Bertz CT molecular complexity index is 936. The van der Waals surface area contributed by atoms with Crippen molar-refractivity contribution in [1.82, 2.24) is 15.1 Å². The summed E-state index contributed by atoms with van der Waals surface area (Å²) in [6, 6.07) is -1.92. The van der Waals surface area contributed by atoms with Crippen LogP contribution in [-0.4, -0.2) is 51.5 Å². The molecule has 6 amide bonds. The average Bonchev–Trinajstić information content (AvgIpc) is 2.65. The Morgan fingerprint density at radius 2 is 1.76 bits per heavy atom. The van der Waals surface area contributed by atoms with E-state index < -0.39 is 70.6 Å². The van der Waals surface area contributed by atoms with E-state index in [0.717, 1.165) is 0 Å². The van der Waals surface area contributed by atoms with Gasteiger partial charge in [-0.05, 0) is 26.3 Å². The van der Waals surface area contributed by atoms with E-state index in [1.54, 1.807) is 0 Å². The SMILES string of the molecule is CCC1(N(C=O)C(=O)c2cc(F)c(F)c(F)c2F)C(=O)NC(=O)N(C(C)C)C1=O. The van der Waals surface area contributed by atoms with Gasteiger partial charge in [0.1, 0.15) is 0 Å². The lowest BCUT2D eigenvalue weighted by atomic mass is 9.88. The predicted octanol–water partition coefficient (Wildman–Crippen LogP) is 1.48. The molecule has 2 rings (SSSR count). The summed E-state index contributed by atoms with van der Waals surface area (Å²) in [5.41, 5.74) is -4.06. The molecule has 1 unspecified atom stereocenters. The van der Waals surface area contributed by atoms with E-state index in [1.807, 2.05) is 5.32 Å². The van der Waals surface area contributed by atoms with Crippen molar-refractivity contribution >= 4 is 30.2 Å². The number of carbonyl (C=O) groups is 5. The molecule has 1 heterocycles. The van der Waals surface area contributed by atoms with Gasteiger partial charge < -0.3 is 0 Å². The maximum atomic E-state index is 14.1. The quantitative estimate of drug-likeness (QED) is 0.257. The minimum Gasteiger partial charge on any atom is -0.278 e. The monoisotopic (exact) mass is 417 g/mol. The summed E-state index contributed by atoms with van der Waals surface area (Å²) in [6.07, 6.45) is -0.858. The fourth-order valence-electron chi connectivity index (χ4n) is 2.98. The van der Waals surface area contributed by atoms with E-state index in [-0.39, 0.29) is 17.4 Å². The Hall–Kier alpha value is -3.31. The van der Waals surface area contributed by atoms with Crippen LogP contribution in [0.3, 0.4) is 0 Å². The molecule has 8 nitrogen and oxygen atoms in total. The van der Waals surface area contributed by atoms with Gasteiger partial charge in [-0.15, -0.1) is 0 Å². The molecule has 1 N–H and O–H groups in total. The van der Waals surface area contributed by atoms with E-state index in [9.17, 15) is 41.5 Å². The molecule has 1 saturated heterocycles. The number of nitrogens with zero attached hydrogens (tertiary/aromatic N) is 2. The Labute approximate surface area is 161 Å². The molecular weight excluding hydrogens is 402 g/mol. The van der Waals surface area contributed by atoms with Crippen LogP contribution in [0.5, 0.6) is 0 Å². The smallest absolute Gasteiger partial charge is 0.278 e. The number of hydrogen-bond acceptors (Lipinski definition) is 5. The molecule has 1 aliphatic rings. The highest BCUT2D eigenvalue weighted by Gasteiger charge is 2.59. The Morgan fingerprint density at radius 1 is 1.17 bits per heavy atom. The average molecular weight is 417 g/mol. The van der Waals surface area contributed by atoms with E-state index >= 15 is 0 Å². The predicted molar refractivity (Wildman–Crippen MR) is 87.1 cm³/mol. The fraction of sp³-hybridized carbons (Fsp3) is 0.353. The number of amides is 6. The Kier molecular flexibility index (Phi) is 5.76. The summed E-state index contributed by atoms with van der Waals surface area (Å²) in [5, 5.41) is 1.82. The number of nitrogens with one attached hydrogen (secondary N) is 1. The van der Waals surface area contributed by atoms with Gasteiger partial charge in [-0.1, -0.05) is 6.92 Å². The van der Waals surface area contributed by atoms with Crippen molar-refractivity contribution in [2.45, 2.75) is 38.8 Å². The van der Waals surface area contributed by atoms with Crippen molar-refractivity contribution in [3.8, 4) is 0 Å². The first kappa shape index (κ1) is 22.0. The van der Waals surface area contributed by atoms with E-state index in [1.165, 1.54) is 20.8 Å². The number of halogens is 4. The minimum absolute atomic E-state index is 0.00743. The molecule has 1 atom stereocenters. The van der Waals surface area contributed by atoms with Crippen LogP contribution in [0.1, 0.15) is 37.6 Å². The van der Waals surface area contributed by atoms with Gasteiger partial charge in [0.05, 0.1) is 5.56 Å². The molecule has 156 valence electrons. The number of imide groups is 3. The number of rotatable bonds is 5. The lowest BCUT2D eigenvalue weighted by molar-refractivity contribution is -0.157. The normalized spacial score (nSPS) is 19.4. The summed E-state index contributed by atoms with van der Waals surface area (Å²) < 4.78 is 54.2. The molecule has 0 spiro atoms. The van der Waals surface area contributed by atoms with Gasteiger partial charge in [-0.2, -0.15) is 0 Å². The molecule has 0 bridgehead atoms. The van der Waals surface area contributed by atoms with Crippen LogP contribution in [0.2, 0.25) is 0 Å². The maximum absolute atomic E-state index is 14.1. The largest absolute Gasteiger partial charge is 0.331 e. The molecule has 0 saturated carbocycles. The van der Waals surface area contributed by atoms with Gasteiger partial charge in [0.25, 0.3) is 17.7 Å². The van der Waals surface area contributed by atoms with E-state index in [4.69, 9.17) is 0 Å². The lowest BCUT2D eigenvalue weighted by Gasteiger charge is -2.44. The molecule has 0 aliphatic carbocycles. The highest BCUT2D eigenvalue weighted by atomic mass is 19.2. The minimum atomic E-state index is -2.63. The zero-order chi connectivity index (χ0) is 22.3. The number of benzene rings is 1. The number of hydrogen-bond donors (Lipinski definition) is 1. The topological polar surface area (TPSA) is 104 Å². The standard InChI is InChI=1S/C17H15F4N3O5/c1-4-17(14(27)22-16(29)24(7(2)3)15(17)28)23(6-25)13(26)8-5-9(18)11(20)12(21)10(8)19/h5-7H,4H2,1-3H3,(H,22,27,29). The second kappa shape index (κ2) is 7.60. The number of urea groups is 1. The van der Waals surface area contributed by atoms with Crippen molar-refractivity contribution in [2.75, 3.05) is 0 Å². The molecule has 0 radical (unpaired) electrons. The number of carbonyl (C=O) groups excluding carboxylic acids is 5. The van der Waals surface area contributed by atoms with Crippen LogP contribution in [0.4, 0.5) is 22.4 Å². The summed E-state index contributed by atoms with van der Waals surface area (Å²) >= 11 is 0. The van der Waals surface area contributed by atoms with Gasteiger partial charge in [0.15, 0.2) is 23.3 Å². The van der Waals surface area contributed by atoms with Crippen molar-refractivity contribution < 1.29 is 41.5 Å². The third-order valence-corrected chi connectivity index (χ3v) is 4.48. The van der Waals surface area contributed by atoms with Crippen LogP contribution in [0.15, 0.2) is 6.07 Å². The van der Waals surface area contributed by atoms with Gasteiger partial charge in [0.2, 0.25) is 11.9 Å². The molecule has 1 fully saturated rings. The van der Waals surface area contributed by atoms with Crippen LogP contribution in [0, 0.1) is 23.3 Å². The fourth-order valence-corrected chi connectivity index (χ4v) is 2.98. The first-order valence-corrected chi connectivity index (χ1v) is 8.26. The molecule has 29 heavy (non-hydrogen) atoms. The Morgan fingerprint density at radius 3 is 2.24 bits per heavy atom. The van der Waals surface area contributed by atoms with Crippen LogP contribution >= 0.6 is 0 Å². The van der Waals surface area contributed by atoms with Crippen molar-refractivity contribution in [3.05, 3.63) is 34.9 Å². The highest BCUT2D eigenvalue weighted by molar-refractivity contribution is 6.25. The van der Waals surface area contributed by atoms with Gasteiger partial charge >= 0.3 is 6.03 Å². The van der Waals surface area contributed by atoms with Crippen molar-refractivity contribution in [3.63, 3.8) is 0 Å². The van der Waals surface area contributed by atoms with Crippen molar-refractivity contribution in [1.29, 1.82) is 0 Å². The third kappa shape index (κ3) is 3.13. The summed E-state index contributed by atoms with van der Waals surface area (Å²) in [6.45, 7) is 4.04. The second-order valence-corrected chi connectivity index (χ2v) is 6.37. The molecular formula is C17H15F4N3O5. The summed E-state index contributed by atoms with van der Waals surface area (Å²) in [4.78, 5) is 62.3. The zero-order valence-electron chi connectivity index (χ0n) is 15.4. The van der Waals surface area contributed by atoms with Gasteiger partial charge in [0, 0.05) is 6.04 Å². The van der Waals surface area contributed by atoms with E-state index in [0.29, 0.717) is 4.90 Å². The van der Waals surface area contributed by atoms with Crippen LogP contribution in [-0.2, 0) is 14.4 Å². The molecule has 0 aromatic heterocycles. The summed E-state index contributed by atoms with van der Waals surface area (Å²) in [7, 11) is 0. The zero-order valence-corrected chi connectivity index (χ0v) is 15.4. The third-order valence-electron chi connectivity index (χ3n) is 4.48. The summed E-state index contributed by atoms with van der Waals surface area (Å²) in [5.74, 6) is -13.0. The molecule has 12 heteroatoms. The molecule has 1 aromatic rings. The van der Waals surface area contributed by atoms with E-state index in [2.05, 4.69) is 0 Å². The molecule has 1 aliphatic heterocycles. The first-order chi connectivity index (χ1) is 13.4. The van der Waals surface area contributed by atoms with Gasteiger partial charge in [-0.3, -0.25) is 34.3 Å². The van der Waals surface area contributed by atoms with Crippen LogP contribution < -0.4 is 5.32 Å². The lowest BCUT2D eigenvalue weighted by Crippen LogP contribution is -2.75. The maximum Gasteiger partial charge on any atom is 0.331 e.